The summed E-state index contributed by atoms with van der Waals surface area (Å²) in [6.07, 6.45) is 7.18. The highest BCUT2D eigenvalue weighted by atomic mass is 32.2. The highest BCUT2D eigenvalue weighted by Crippen LogP contribution is 2.43. The van der Waals surface area contributed by atoms with Crippen molar-refractivity contribution in [1.29, 1.82) is 0 Å². The summed E-state index contributed by atoms with van der Waals surface area (Å²) in [7, 11) is -3.49. The number of aromatic nitrogens is 2. The number of piperidine rings is 1. The molecule has 2 aliphatic rings. The first-order valence-corrected chi connectivity index (χ1v) is 14.1. The van der Waals surface area contributed by atoms with Crippen LogP contribution < -0.4 is 4.72 Å². The van der Waals surface area contributed by atoms with Gasteiger partial charge in [-0.15, -0.1) is 0 Å². The molecule has 1 aliphatic carbocycles. The third kappa shape index (κ3) is 5.34. The van der Waals surface area contributed by atoms with E-state index in [1.165, 1.54) is 30.4 Å². The summed E-state index contributed by atoms with van der Waals surface area (Å²) in [5, 5.41) is 4.47. The van der Waals surface area contributed by atoms with Crippen LogP contribution >= 0.6 is 0 Å². The van der Waals surface area contributed by atoms with E-state index in [-0.39, 0.29) is 11.5 Å². The summed E-state index contributed by atoms with van der Waals surface area (Å²) in [6, 6.07) is 17.3. The molecule has 35 heavy (non-hydrogen) atoms. The normalized spacial score (nSPS) is 19.6. The molecule has 1 aromatic heterocycles. The topological polar surface area (TPSA) is 88.3 Å². The average Bonchev–Trinajstić information content (AvgIpc) is 3.35. The van der Waals surface area contributed by atoms with E-state index >= 15 is 0 Å². The number of rotatable bonds is 7. The smallest absolute Gasteiger partial charge is 0.240 e. The molecule has 1 saturated heterocycles. The van der Waals surface area contributed by atoms with Crippen LogP contribution in [0.1, 0.15) is 67.8 Å². The molecule has 3 aromatic rings. The molecular formula is C27H34N4O3S. The number of likely N-dealkylation sites (tertiary alicyclic amines) is 1. The first kappa shape index (κ1) is 24.2. The third-order valence-electron chi connectivity index (χ3n) is 7.53. The van der Waals surface area contributed by atoms with Gasteiger partial charge in [-0.2, -0.15) is 4.98 Å². The predicted molar refractivity (Wildman–Crippen MR) is 134 cm³/mol. The van der Waals surface area contributed by atoms with Crippen LogP contribution in [0.3, 0.4) is 0 Å². The fourth-order valence-electron chi connectivity index (χ4n) is 5.47. The second-order valence-corrected chi connectivity index (χ2v) is 11.7. The Bertz CT molecular complexity index is 1210. The molecule has 0 amide bonds. The van der Waals surface area contributed by atoms with Gasteiger partial charge in [-0.25, -0.2) is 13.1 Å². The van der Waals surface area contributed by atoms with Crippen LogP contribution in [-0.4, -0.2) is 42.6 Å². The molecule has 0 unspecified atom stereocenters. The van der Waals surface area contributed by atoms with Crippen molar-refractivity contribution in [3.63, 3.8) is 0 Å². The summed E-state index contributed by atoms with van der Waals surface area (Å²) < 4.78 is 33.9. The van der Waals surface area contributed by atoms with Gasteiger partial charge in [0.2, 0.25) is 15.9 Å². The lowest BCUT2D eigenvalue weighted by Crippen LogP contribution is -2.44. The van der Waals surface area contributed by atoms with Crippen LogP contribution in [0.4, 0.5) is 0 Å². The quantitative estimate of drug-likeness (QED) is 0.518. The molecule has 1 N–H and O–H groups in total. The van der Waals surface area contributed by atoms with Crippen LogP contribution in [0.25, 0.3) is 0 Å². The van der Waals surface area contributed by atoms with E-state index in [0.29, 0.717) is 17.3 Å². The van der Waals surface area contributed by atoms with Gasteiger partial charge in [0.05, 0.1) is 16.9 Å². The zero-order valence-corrected chi connectivity index (χ0v) is 21.1. The zero-order chi connectivity index (χ0) is 24.3. The Morgan fingerprint density at radius 1 is 1.00 bits per heavy atom. The second kappa shape index (κ2) is 10.2. The van der Waals surface area contributed by atoms with Crippen LogP contribution in [-0.2, 0) is 22.0 Å². The highest BCUT2D eigenvalue weighted by Gasteiger charge is 2.40. The third-order valence-corrected chi connectivity index (χ3v) is 9.07. The first-order chi connectivity index (χ1) is 16.9. The summed E-state index contributed by atoms with van der Waals surface area (Å²) in [5.41, 5.74) is 2.36. The number of nitrogens with zero attached hydrogens (tertiary/aromatic N) is 3. The van der Waals surface area contributed by atoms with Gasteiger partial charge >= 0.3 is 0 Å². The maximum Gasteiger partial charge on any atom is 0.240 e. The van der Waals surface area contributed by atoms with Crippen molar-refractivity contribution >= 4 is 10.0 Å². The lowest BCUT2D eigenvalue weighted by atomic mass is 9.69. The summed E-state index contributed by atoms with van der Waals surface area (Å²) in [5.74, 6) is 1.45. The van der Waals surface area contributed by atoms with Crippen molar-refractivity contribution in [1.82, 2.24) is 19.8 Å². The van der Waals surface area contributed by atoms with Gasteiger partial charge in [-0.05, 0) is 50.3 Å². The van der Waals surface area contributed by atoms with Crippen molar-refractivity contribution in [3.8, 4) is 0 Å². The van der Waals surface area contributed by atoms with Crippen molar-refractivity contribution in [2.45, 2.75) is 74.8 Å². The minimum Gasteiger partial charge on any atom is -0.338 e. The van der Waals surface area contributed by atoms with Gasteiger partial charge < -0.3 is 4.52 Å². The van der Waals surface area contributed by atoms with Crippen LogP contribution in [0, 0.1) is 6.92 Å². The summed E-state index contributed by atoms with van der Waals surface area (Å²) in [6.45, 7) is 4.26. The maximum atomic E-state index is 12.6. The second-order valence-electron chi connectivity index (χ2n) is 10.0. The summed E-state index contributed by atoms with van der Waals surface area (Å²) in [4.78, 5) is 7.47. The lowest BCUT2D eigenvalue weighted by Gasteiger charge is -2.35. The molecule has 0 spiro atoms. The van der Waals surface area contributed by atoms with E-state index in [2.05, 4.69) is 46.0 Å². The summed E-state index contributed by atoms with van der Waals surface area (Å²) >= 11 is 0. The molecular weight excluding hydrogens is 460 g/mol. The van der Waals surface area contributed by atoms with Gasteiger partial charge in [-0.3, -0.25) is 4.90 Å². The number of nitrogens with one attached hydrogen (secondary N) is 1. The molecule has 5 rings (SSSR count). The van der Waals surface area contributed by atoms with E-state index in [0.717, 1.165) is 44.6 Å². The van der Waals surface area contributed by atoms with Crippen LogP contribution in [0.15, 0.2) is 64.0 Å². The van der Waals surface area contributed by atoms with Crippen LogP contribution in [0.2, 0.25) is 0 Å². The number of hydrogen-bond donors (Lipinski definition) is 1. The number of hydrogen-bond acceptors (Lipinski definition) is 6. The molecule has 0 atom stereocenters. The van der Waals surface area contributed by atoms with Crippen molar-refractivity contribution in [2.24, 2.45) is 0 Å². The Kier molecular flexibility index (Phi) is 7.05. The minimum absolute atomic E-state index is 0.0678. The fraction of sp³-hybridized carbons (Fsp3) is 0.481. The van der Waals surface area contributed by atoms with Crippen molar-refractivity contribution < 1.29 is 12.9 Å². The molecule has 8 heteroatoms. The molecule has 1 saturated carbocycles. The molecule has 0 bridgehead atoms. The molecule has 7 nitrogen and oxygen atoms in total. The van der Waals surface area contributed by atoms with E-state index in [1.54, 1.807) is 24.3 Å². The lowest BCUT2D eigenvalue weighted by molar-refractivity contribution is 0.177. The predicted octanol–water partition coefficient (Wildman–Crippen LogP) is 4.57. The van der Waals surface area contributed by atoms with Gasteiger partial charge in [-0.1, -0.05) is 72.4 Å². The van der Waals surface area contributed by atoms with Gasteiger partial charge in [0.25, 0.3) is 0 Å². The van der Waals surface area contributed by atoms with Gasteiger partial charge in [0.1, 0.15) is 0 Å². The fourth-order valence-corrected chi connectivity index (χ4v) is 6.80. The van der Waals surface area contributed by atoms with E-state index in [9.17, 15) is 8.42 Å². The average molecular weight is 495 g/mol. The van der Waals surface area contributed by atoms with Crippen molar-refractivity contribution in [2.75, 3.05) is 13.1 Å². The molecule has 186 valence electrons. The minimum atomic E-state index is -3.49. The van der Waals surface area contributed by atoms with Crippen molar-refractivity contribution in [3.05, 3.63) is 77.4 Å². The first-order valence-electron chi connectivity index (χ1n) is 12.6. The number of benzene rings is 2. The van der Waals surface area contributed by atoms with E-state index in [1.807, 2.05) is 6.07 Å². The molecule has 0 radical (unpaired) electrons. The Balaban J connectivity index is 1.22. The molecule has 2 fully saturated rings. The molecule has 2 heterocycles. The SMILES string of the molecule is Cc1ccc(C2(c3noc(CN4CCC(NS(=O)(=O)c5ccccc5)CC4)n3)CCCCC2)cc1. The number of sulfonamides is 1. The highest BCUT2D eigenvalue weighted by molar-refractivity contribution is 7.89. The Hall–Kier alpha value is -2.55. The maximum absolute atomic E-state index is 12.6. The van der Waals surface area contributed by atoms with Crippen LogP contribution in [0.5, 0.6) is 0 Å². The Labute approximate surface area is 208 Å². The molecule has 1 aliphatic heterocycles. The zero-order valence-electron chi connectivity index (χ0n) is 20.3. The van der Waals surface area contributed by atoms with E-state index < -0.39 is 10.0 Å². The molecule has 2 aromatic carbocycles. The van der Waals surface area contributed by atoms with E-state index in [4.69, 9.17) is 9.51 Å². The van der Waals surface area contributed by atoms with Gasteiger partial charge in [0, 0.05) is 19.1 Å². The Morgan fingerprint density at radius 3 is 2.37 bits per heavy atom. The number of aryl methyl sites for hydroxylation is 1. The largest absolute Gasteiger partial charge is 0.338 e. The van der Waals surface area contributed by atoms with Gasteiger partial charge in [0.15, 0.2) is 5.82 Å². The monoisotopic (exact) mass is 494 g/mol. The Morgan fingerprint density at radius 2 is 1.69 bits per heavy atom. The standard InChI is InChI=1S/C27H34N4O3S/c1-21-10-12-22(13-11-21)27(16-6-3-7-17-27)26-28-25(34-29-26)20-31-18-14-23(15-19-31)30-35(32,33)24-8-4-2-5-9-24/h2,4-5,8-13,23,30H,3,6-7,14-20H2,1H3.